The van der Waals surface area contributed by atoms with Gasteiger partial charge in [0.1, 0.15) is 0 Å². The fraction of sp³-hybridized carbons (Fsp3) is 0.158. The Labute approximate surface area is 154 Å². The number of aromatic amines is 1. The summed E-state index contributed by atoms with van der Waals surface area (Å²) in [7, 11) is 0. The molecular weight excluding hydrogens is 361 g/mol. The number of nitrogens with one attached hydrogen (secondary N) is 1. The first kappa shape index (κ1) is 17.5. The smallest absolute Gasteiger partial charge is 0.307 e. The van der Waals surface area contributed by atoms with Crippen LogP contribution in [0.3, 0.4) is 0 Å². The Morgan fingerprint density at radius 3 is 2.44 bits per heavy atom. The van der Waals surface area contributed by atoms with E-state index in [1.807, 2.05) is 19.1 Å². The molecule has 3 rings (SSSR count). The lowest BCUT2D eigenvalue weighted by Crippen LogP contribution is -2.16. The summed E-state index contributed by atoms with van der Waals surface area (Å²) in [5, 5.41) is 10.5. The summed E-state index contributed by atoms with van der Waals surface area (Å²) in [6.07, 6.45) is 0.188. The summed E-state index contributed by atoms with van der Waals surface area (Å²) in [5.41, 5.74) is 2.97. The maximum Gasteiger partial charge on any atom is 0.307 e. The summed E-state index contributed by atoms with van der Waals surface area (Å²) < 4.78 is 0. The molecule has 1 heterocycles. The van der Waals surface area contributed by atoms with Crippen LogP contribution in [0.1, 0.15) is 22.4 Å². The Morgan fingerprint density at radius 2 is 1.80 bits per heavy atom. The van der Waals surface area contributed by atoms with E-state index in [2.05, 4.69) is 4.98 Å². The number of carboxylic acid groups (broad SMARTS) is 1. The molecular formula is C19H15Cl2NO3. The van der Waals surface area contributed by atoms with Crippen LogP contribution in [0.15, 0.2) is 41.2 Å². The summed E-state index contributed by atoms with van der Waals surface area (Å²) in [5.74, 6) is -0.997. The van der Waals surface area contributed by atoms with E-state index in [-0.39, 0.29) is 11.8 Å². The van der Waals surface area contributed by atoms with E-state index in [9.17, 15) is 9.59 Å². The normalized spacial score (nSPS) is 11.0. The van der Waals surface area contributed by atoms with Gasteiger partial charge in [-0.05, 0) is 36.2 Å². The van der Waals surface area contributed by atoms with Crippen LogP contribution < -0.4 is 5.43 Å². The first-order valence-corrected chi connectivity index (χ1v) is 8.41. The van der Waals surface area contributed by atoms with E-state index in [0.29, 0.717) is 44.2 Å². The lowest BCUT2D eigenvalue weighted by Gasteiger charge is -2.12. The molecule has 2 N–H and O–H groups in total. The lowest BCUT2D eigenvalue weighted by atomic mass is 9.98. The van der Waals surface area contributed by atoms with E-state index < -0.39 is 5.97 Å². The van der Waals surface area contributed by atoms with Gasteiger partial charge in [0, 0.05) is 22.7 Å². The number of rotatable bonds is 4. The molecule has 0 radical (unpaired) electrons. The zero-order valence-corrected chi connectivity index (χ0v) is 14.9. The number of benzene rings is 2. The number of aryl methyl sites for hydroxylation is 1. The van der Waals surface area contributed by atoms with Gasteiger partial charge in [0.2, 0.25) is 0 Å². The van der Waals surface area contributed by atoms with Crippen molar-refractivity contribution in [3.8, 4) is 0 Å². The fourth-order valence-corrected chi connectivity index (χ4v) is 3.25. The second-order valence-corrected chi connectivity index (χ2v) is 6.73. The number of aromatic nitrogens is 1. The zero-order chi connectivity index (χ0) is 18.1. The second-order valence-electron chi connectivity index (χ2n) is 5.89. The molecule has 0 aliphatic carbocycles. The second kappa shape index (κ2) is 6.90. The third-order valence-corrected chi connectivity index (χ3v) is 4.71. The lowest BCUT2D eigenvalue weighted by molar-refractivity contribution is -0.136. The van der Waals surface area contributed by atoms with Crippen LogP contribution in [-0.4, -0.2) is 16.1 Å². The molecule has 128 valence electrons. The van der Waals surface area contributed by atoms with Gasteiger partial charge >= 0.3 is 5.97 Å². The third kappa shape index (κ3) is 3.55. The van der Waals surface area contributed by atoms with Crippen molar-refractivity contribution in [3.63, 3.8) is 0 Å². The highest BCUT2D eigenvalue weighted by atomic mass is 35.5. The molecule has 0 atom stereocenters. The summed E-state index contributed by atoms with van der Waals surface area (Å²) in [4.78, 5) is 27.4. The molecule has 0 saturated heterocycles. The van der Waals surface area contributed by atoms with Crippen LogP contribution >= 0.6 is 23.2 Å². The van der Waals surface area contributed by atoms with Crippen molar-refractivity contribution in [2.45, 2.75) is 19.8 Å². The predicted molar refractivity (Wildman–Crippen MR) is 99.9 cm³/mol. The highest BCUT2D eigenvalue weighted by Gasteiger charge is 2.16. The van der Waals surface area contributed by atoms with Gasteiger partial charge < -0.3 is 10.1 Å². The van der Waals surface area contributed by atoms with Crippen LogP contribution in [0.4, 0.5) is 0 Å². The van der Waals surface area contributed by atoms with Gasteiger partial charge in [-0.15, -0.1) is 0 Å². The molecule has 0 bridgehead atoms. The topological polar surface area (TPSA) is 70.2 Å². The van der Waals surface area contributed by atoms with Gasteiger partial charge in [0.25, 0.3) is 0 Å². The Morgan fingerprint density at radius 1 is 1.12 bits per heavy atom. The maximum atomic E-state index is 13.1. The highest BCUT2D eigenvalue weighted by molar-refractivity contribution is 6.35. The maximum absolute atomic E-state index is 13.1. The highest BCUT2D eigenvalue weighted by Crippen LogP contribution is 2.25. The van der Waals surface area contributed by atoms with Crippen molar-refractivity contribution >= 4 is 40.1 Å². The first-order chi connectivity index (χ1) is 11.9. The largest absolute Gasteiger partial charge is 0.481 e. The minimum absolute atomic E-state index is 0.194. The molecule has 0 aliphatic heterocycles. The molecule has 4 nitrogen and oxygen atoms in total. The fourth-order valence-electron chi connectivity index (χ4n) is 2.92. The first-order valence-electron chi connectivity index (χ1n) is 7.66. The molecule has 6 heteroatoms. The third-order valence-electron chi connectivity index (χ3n) is 4.14. The number of fused-ring (bicyclic) bond motifs is 1. The van der Waals surface area contributed by atoms with Crippen LogP contribution in [0, 0.1) is 6.92 Å². The van der Waals surface area contributed by atoms with Gasteiger partial charge in [0.15, 0.2) is 5.43 Å². The van der Waals surface area contributed by atoms with E-state index in [1.54, 1.807) is 24.3 Å². The van der Waals surface area contributed by atoms with Crippen LogP contribution in [-0.2, 0) is 17.6 Å². The molecule has 0 unspecified atom stereocenters. The van der Waals surface area contributed by atoms with E-state index in [0.717, 1.165) is 5.56 Å². The number of hydrogen-bond acceptors (Lipinski definition) is 2. The number of aliphatic carboxylic acids is 1. The molecule has 0 saturated carbocycles. The van der Waals surface area contributed by atoms with Crippen LogP contribution in [0.25, 0.3) is 10.9 Å². The average molecular weight is 376 g/mol. The molecule has 0 fully saturated rings. The number of H-pyrrole nitrogens is 1. The van der Waals surface area contributed by atoms with E-state index in [1.165, 1.54) is 0 Å². The number of carboxylic acids is 1. The van der Waals surface area contributed by atoms with Crippen LogP contribution in [0.2, 0.25) is 10.0 Å². The van der Waals surface area contributed by atoms with Crippen molar-refractivity contribution in [1.29, 1.82) is 0 Å². The molecule has 0 spiro atoms. The molecule has 0 amide bonds. The monoisotopic (exact) mass is 375 g/mol. The molecule has 0 aliphatic rings. The Hall–Kier alpha value is -2.30. The van der Waals surface area contributed by atoms with Gasteiger partial charge in [-0.2, -0.15) is 0 Å². The standard InChI is InChI=1S/C19H15Cl2NO3/c1-10-14(8-11-2-5-13(20)6-3-11)19(25)17-12(9-16(23)24)4-7-15(21)18(17)22-10/h2-7H,8-9H2,1H3,(H,22,25)(H,23,24). The van der Waals surface area contributed by atoms with Gasteiger partial charge in [0.05, 0.1) is 22.3 Å². The molecule has 25 heavy (non-hydrogen) atoms. The number of hydrogen-bond donors (Lipinski definition) is 2. The summed E-state index contributed by atoms with van der Waals surface area (Å²) in [6.45, 7) is 1.81. The SMILES string of the molecule is Cc1[nH]c2c(Cl)ccc(CC(=O)O)c2c(=O)c1Cc1ccc(Cl)cc1. The van der Waals surface area contributed by atoms with Gasteiger partial charge in [-0.25, -0.2) is 0 Å². The number of pyridine rings is 1. The van der Waals surface area contributed by atoms with Crippen molar-refractivity contribution in [2.75, 3.05) is 0 Å². The minimum Gasteiger partial charge on any atom is -0.481 e. The zero-order valence-electron chi connectivity index (χ0n) is 13.4. The van der Waals surface area contributed by atoms with Crippen molar-refractivity contribution in [2.24, 2.45) is 0 Å². The summed E-state index contributed by atoms with van der Waals surface area (Å²) in [6, 6.07) is 10.5. The average Bonchev–Trinajstić information content (AvgIpc) is 2.55. The molecule has 2 aromatic carbocycles. The van der Waals surface area contributed by atoms with Gasteiger partial charge in [-0.1, -0.05) is 41.4 Å². The summed E-state index contributed by atoms with van der Waals surface area (Å²) >= 11 is 12.1. The Balaban J connectivity index is 2.21. The minimum atomic E-state index is -0.997. The van der Waals surface area contributed by atoms with E-state index >= 15 is 0 Å². The number of halogens is 2. The molecule has 1 aromatic heterocycles. The molecule has 3 aromatic rings. The number of carbonyl (C=O) groups is 1. The van der Waals surface area contributed by atoms with Gasteiger partial charge in [-0.3, -0.25) is 9.59 Å². The quantitative estimate of drug-likeness (QED) is 0.711. The Bertz CT molecular complexity index is 1020. The van der Waals surface area contributed by atoms with E-state index in [4.69, 9.17) is 28.3 Å². The van der Waals surface area contributed by atoms with Crippen molar-refractivity contribution < 1.29 is 9.90 Å². The van der Waals surface area contributed by atoms with Crippen molar-refractivity contribution in [3.05, 3.63) is 79.1 Å². The van der Waals surface area contributed by atoms with Crippen LogP contribution in [0.5, 0.6) is 0 Å². The Kier molecular flexibility index (Phi) is 4.84. The van der Waals surface area contributed by atoms with Crippen molar-refractivity contribution in [1.82, 2.24) is 4.98 Å². The predicted octanol–water partition coefficient (Wildman–Crippen LogP) is 4.36.